The van der Waals surface area contributed by atoms with Crippen LogP contribution in [0.2, 0.25) is 0 Å². The first-order chi connectivity index (χ1) is 10.4. The highest BCUT2D eigenvalue weighted by molar-refractivity contribution is 5.75. The molecule has 0 aromatic heterocycles. The first-order valence-electron chi connectivity index (χ1n) is 8.17. The first kappa shape index (κ1) is 16.8. The molecule has 1 aromatic carbocycles. The fraction of sp³-hybridized carbons (Fsp3) is 0.611. The van der Waals surface area contributed by atoms with Crippen LogP contribution in [0.4, 0.5) is 4.79 Å². The number of urea groups is 1. The van der Waals surface area contributed by atoms with Gasteiger partial charge in [-0.15, -0.1) is 0 Å². The molecule has 0 radical (unpaired) electrons. The van der Waals surface area contributed by atoms with Crippen molar-refractivity contribution in [3.05, 3.63) is 35.9 Å². The van der Waals surface area contributed by atoms with Crippen LogP contribution in [0.3, 0.4) is 0 Å². The Morgan fingerprint density at radius 1 is 1.41 bits per heavy atom. The van der Waals surface area contributed by atoms with E-state index in [4.69, 9.17) is 0 Å². The average Bonchev–Trinajstić information content (AvgIpc) is 2.96. The van der Waals surface area contributed by atoms with Crippen LogP contribution in [0.1, 0.15) is 45.6 Å². The summed E-state index contributed by atoms with van der Waals surface area (Å²) in [4.78, 5) is 14.1. The molecule has 4 heteroatoms. The quantitative estimate of drug-likeness (QED) is 0.879. The molecule has 1 heterocycles. The second-order valence-corrected chi connectivity index (χ2v) is 6.98. The molecule has 2 atom stereocenters. The maximum Gasteiger partial charge on any atom is 0.317 e. The molecule has 4 nitrogen and oxygen atoms in total. The highest BCUT2D eigenvalue weighted by Crippen LogP contribution is 2.28. The van der Waals surface area contributed by atoms with Gasteiger partial charge in [-0.3, -0.25) is 0 Å². The fourth-order valence-electron chi connectivity index (χ4n) is 3.41. The van der Waals surface area contributed by atoms with Gasteiger partial charge in [-0.2, -0.15) is 0 Å². The number of nitrogens with zero attached hydrogens (tertiary/aromatic N) is 1. The Morgan fingerprint density at radius 3 is 2.73 bits per heavy atom. The maximum absolute atomic E-state index is 12.4. The van der Waals surface area contributed by atoms with Gasteiger partial charge >= 0.3 is 6.03 Å². The van der Waals surface area contributed by atoms with Gasteiger partial charge in [-0.05, 0) is 37.2 Å². The summed E-state index contributed by atoms with van der Waals surface area (Å²) in [6.45, 7) is 7.25. The largest absolute Gasteiger partial charge is 0.394 e. The summed E-state index contributed by atoms with van der Waals surface area (Å²) in [6, 6.07) is 10.4. The zero-order valence-electron chi connectivity index (χ0n) is 13.9. The monoisotopic (exact) mass is 304 g/mol. The standard InChI is InChI=1S/C18H28N2O2/c1-14(12-18(2,3)15-8-5-4-6-9-15)19-17(22)20-11-7-10-16(20)13-21/h4-6,8-9,14,16,21H,7,10-13H2,1-3H3,(H,19,22). The number of amides is 2. The lowest BCUT2D eigenvalue weighted by Crippen LogP contribution is -2.48. The number of benzene rings is 1. The van der Waals surface area contributed by atoms with Crippen molar-refractivity contribution >= 4 is 6.03 Å². The van der Waals surface area contributed by atoms with Crippen molar-refractivity contribution < 1.29 is 9.90 Å². The third-order valence-electron chi connectivity index (χ3n) is 4.59. The van der Waals surface area contributed by atoms with Crippen LogP contribution in [-0.2, 0) is 5.41 Å². The number of nitrogens with one attached hydrogen (secondary N) is 1. The van der Waals surface area contributed by atoms with Gasteiger partial charge in [0.2, 0.25) is 0 Å². The van der Waals surface area contributed by atoms with Gasteiger partial charge in [0.15, 0.2) is 0 Å². The lowest BCUT2D eigenvalue weighted by molar-refractivity contribution is 0.154. The molecule has 122 valence electrons. The number of carbonyl (C=O) groups excluding carboxylic acids is 1. The van der Waals surface area contributed by atoms with Crippen LogP contribution >= 0.6 is 0 Å². The molecule has 2 N–H and O–H groups in total. The highest BCUT2D eigenvalue weighted by atomic mass is 16.3. The van der Waals surface area contributed by atoms with Gasteiger partial charge in [-0.1, -0.05) is 44.2 Å². The van der Waals surface area contributed by atoms with E-state index < -0.39 is 0 Å². The van der Waals surface area contributed by atoms with Crippen molar-refractivity contribution in [1.82, 2.24) is 10.2 Å². The van der Waals surface area contributed by atoms with Gasteiger partial charge in [0.25, 0.3) is 0 Å². The maximum atomic E-state index is 12.4. The summed E-state index contributed by atoms with van der Waals surface area (Å²) < 4.78 is 0. The molecule has 0 bridgehead atoms. The normalized spacial score (nSPS) is 20.0. The average molecular weight is 304 g/mol. The van der Waals surface area contributed by atoms with Gasteiger partial charge in [0.05, 0.1) is 12.6 Å². The Hall–Kier alpha value is -1.55. The van der Waals surface area contributed by atoms with Crippen LogP contribution in [-0.4, -0.2) is 41.3 Å². The van der Waals surface area contributed by atoms with Crippen molar-refractivity contribution in [1.29, 1.82) is 0 Å². The Bertz CT molecular complexity index is 487. The van der Waals surface area contributed by atoms with Crippen molar-refractivity contribution in [2.24, 2.45) is 0 Å². The van der Waals surface area contributed by atoms with Gasteiger partial charge in [-0.25, -0.2) is 4.79 Å². The third-order valence-corrected chi connectivity index (χ3v) is 4.59. The second kappa shape index (κ2) is 7.14. The molecule has 2 amide bonds. The van der Waals surface area contributed by atoms with E-state index in [9.17, 15) is 9.90 Å². The van der Waals surface area contributed by atoms with E-state index in [0.29, 0.717) is 0 Å². The Labute approximate surface area is 133 Å². The molecule has 1 aliphatic heterocycles. The molecule has 1 saturated heterocycles. The van der Waals surface area contributed by atoms with Gasteiger partial charge in [0, 0.05) is 12.6 Å². The minimum Gasteiger partial charge on any atom is -0.394 e. The molecular weight excluding hydrogens is 276 g/mol. The van der Waals surface area contributed by atoms with Gasteiger partial charge < -0.3 is 15.3 Å². The van der Waals surface area contributed by atoms with Crippen LogP contribution in [0.25, 0.3) is 0 Å². The first-order valence-corrected chi connectivity index (χ1v) is 8.17. The molecule has 1 aliphatic rings. The summed E-state index contributed by atoms with van der Waals surface area (Å²) in [7, 11) is 0. The third kappa shape index (κ3) is 4.01. The Morgan fingerprint density at radius 2 is 2.09 bits per heavy atom. The van der Waals surface area contributed by atoms with E-state index in [1.165, 1.54) is 5.56 Å². The number of aliphatic hydroxyl groups is 1. The number of rotatable bonds is 5. The zero-order valence-corrected chi connectivity index (χ0v) is 13.9. The minimum absolute atomic E-state index is 0.00927. The van der Waals surface area contributed by atoms with Crippen molar-refractivity contribution in [3.8, 4) is 0 Å². The highest BCUT2D eigenvalue weighted by Gasteiger charge is 2.30. The smallest absolute Gasteiger partial charge is 0.317 e. The summed E-state index contributed by atoms with van der Waals surface area (Å²) >= 11 is 0. The number of likely N-dealkylation sites (tertiary alicyclic amines) is 1. The van der Waals surface area contributed by atoms with E-state index in [1.807, 2.05) is 13.0 Å². The molecular formula is C18H28N2O2. The van der Waals surface area contributed by atoms with E-state index in [0.717, 1.165) is 25.8 Å². The molecule has 0 saturated carbocycles. The van der Waals surface area contributed by atoms with E-state index >= 15 is 0 Å². The fourth-order valence-corrected chi connectivity index (χ4v) is 3.41. The van der Waals surface area contributed by atoms with Gasteiger partial charge in [0.1, 0.15) is 0 Å². The van der Waals surface area contributed by atoms with E-state index in [1.54, 1.807) is 4.90 Å². The van der Waals surface area contributed by atoms with E-state index in [2.05, 4.69) is 43.4 Å². The molecule has 0 spiro atoms. The summed E-state index contributed by atoms with van der Waals surface area (Å²) in [5.74, 6) is 0. The summed E-state index contributed by atoms with van der Waals surface area (Å²) in [5.41, 5.74) is 1.29. The Kier molecular flexibility index (Phi) is 5.46. The molecule has 1 fully saturated rings. The number of carbonyl (C=O) groups is 1. The number of hydrogen-bond acceptors (Lipinski definition) is 2. The summed E-state index contributed by atoms with van der Waals surface area (Å²) in [6.07, 6.45) is 2.75. The number of aliphatic hydroxyl groups excluding tert-OH is 1. The minimum atomic E-state index is -0.0482. The zero-order chi connectivity index (χ0) is 16.2. The molecule has 22 heavy (non-hydrogen) atoms. The molecule has 2 unspecified atom stereocenters. The number of hydrogen-bond donors (Lipinski definition) is 2. The molecule has 2 rings (SSSR count). The van der Waals surface area contributed by atoms with Crippen molar-refractivity contribution in [2.45, 2.75) is 57.5 Å². The summed E-state index contributed by atoms with van der Waals surface area (Å²) in [5, 5.41) is 12.4. The predicted octanol–water partition coefficient (Wildman–Crippen LogP) is 2.91. The predicted molar refractivity (Wildman–Crippen MR) is 88.9 cm³/mol. The topological polar surface area (TPSA) is 52.6 Å². The van der Waals surface area contributed by atoms with Crippen LogP contribution in [0.15, 0.2) is 30.3 Å². The SMILES string of the molecule is CC(CC(C)(C)c1ccccc1)NC(=O)N1CCCC1CO. The lowest BCUT2D eigenvalue weighted by Gasteiger charge is -2.31. The van der Waals surface area contributed by atoms with E-state index in [-0.39, 0.29) is 30.1 Å². The molecule has 0 aliphatic carbocycles. The lowest BCUT2D eigenvalue weighted by atomic mass is 9.79. The Balaban J connectivity index is 1.92. The van der Waals surface area contributed by atoms with Crippen LogP contribution in [0, 0.1) is 0 Å². The van der Waals surface area contributed by atoms with Crippen LogP contribution < -0.4 is 5.32 Å². The molecule has 1 aromatic rings. The van der Waals surface area contributed by atoms with Crippen LogP contribution in [0.5, 0.6) is 0 Å². The van der Waals surface area contributed by atoms with Crippen molar-refractivity contribution in [2.75, 3.05) is 13.2 Å². The second-order valence-electron chi connectivity index (χ2n) is 6.98. The van der Waals surface area contributed by atoms with Crippen molar-refractivity contribution in [3.63, 3.8) is 0 Å².